The van der Waals surface area contributed by atoms with Gasteiger partial charge in [0.05, 0.1) is 0 Å². The van der Waals surface area contributed by atoms with Crippen molar-refractivity contribution >= 4 is 20.4 Å². The summed E-state index contributed by atoms with van der Waals surface area (Å²) in [6.07, 6.45) is 0. The van der Waals surface area contributed by atoms with Gasteiger partial charge in [-0.2, -0.15) is 38.4 Å². The molecule has 2 aromatic carbocycles. The van der Waals surface area contributed by atoms with Crippen molar-refractivity contribution in [2.45, 2.75) is 34.7 Å². The van der Waals surface area contributed by atoms with Crippen LogP contribution in [-0.2, 0) is 13.7 Å². The van der Waals surface area contributed by atoms with Crippen LogP contribution in [0.4, 0.5) is 26.3 Å². The average molecular weight is 430 g/mol. The Morgan fingerprint density at radius 1 is 0.815 bits per heavy atom. The molecule has 0 aliphatic carbocycles. The van der Waals surface area contributed by atoms with Crippen LogP contribution < -0.4 is 0 Å². The summed E-state index contributed by atoms with van der Waals surface area (Å²) in [6.45, 7) is 3.21. The molecule has 0 saturated heterocycles. The van der Waals surface area contributed by atoms with E-state index in [0.717, 1.165) is 12.1 Å². The summed E-state index contributed by atoms with van der Waals surface area (Å²) in [7, 11) is -11.5. The van der Waals surface area contributed by atoms with Crippen molar-refractivity contribution in [3.63, 3.8) is 0 Å². The van der Waals surface area contributed by atoms with Crippen molar-refractivity contribution < 1.29 is 38.4 Å². The van der Waals surface area contributed by atoms with Crippen molar-refractivity contribution in [3.05, 3.63) is 47.5 Å². The first-order chi connectivity index (χ1) is 12.2. The predicted molar refractivity (Wildman–Crippen MR) is 87.6 cm³/mol. The quantitative estimate of drug-likeness (QED) is 0.446. The molecule has 0 atom stereocenters. The van der Waals surface area contributed by atoms with E-state index >= 15 is 0 Å². The number of rotatable bonds is 2. The van der Waals surface area contributed by atoms with Crippen LogP contribution in [0.5, 0.6) is 0 Å². The highest BCUT2D eigenvalue weighted by Gasteiger charge is 2.64. The minimum absolute atomic E-state index is 0.0124. The van der Waals surface area contributed by atoms with Crippen LogP contribution in [0.15, 0.2) is 46.2 Å². The van der Waals surface area contributed by atoms with Gasteiger partial charge in [-0.3, -0.25) is 0 Å². The molecule has 1 aliphatic rings. The smallest absolute Gasteiger partial charge is 0.196 e. The molecule has 0 spiro atoms. The van der Waals surface area contributed by atoms with Gasteiger partial charge in [-0.05, 0) is 37.1 Å². The van der Waals surface area contributed by atoms with Crippen molar-refractivity contribution in [2.75, 3.05) is 0 Å². The third-order valence-electron chi connectivity index (χ3n) is 3.98. The lowest BCUT2D eigenvalue weighted by atomic mass is 10.0. The number of halogens is 6. The lowest BCUT2D eigenvalue weighted by Crippen LogP contribution is -2.31. The first-order valence-corrected chi connectivity index (χ1v) is 10.3. The van der Waals surface area contributed by atoms with E-state index in [1.54, 1.807) is 13.8 Å². The number of benzene rings is 2. The number of fused-ring (bicyclic) bond motifs is 3. The van der Waals surface area contributed by atoms with E-state index in [1.165, 1.54) is 24.3 Å². The van der Waals surface area contributed by atoms with Crippen molar-refractivity contribution in [1.29, 1.82) is 0 Å². The van der Waals surface area contributed by atoms with Crippen LogP contribution in [0, 0.1) is 13.8 Å². The highest BCUT2D eigenvalue weighted by atomic mass is 32.3. The maximum atomic E-state index is 14.2. The highest BCUT2D eigenvalue weighted by Crippen LogP contribution is 2.80. The van der Waals surface area contributed by atoms with Crippen LogP contribution in [0.25, 0.3) is 11.1 Å². The fourth-order valence-electron chi connectivity index (χ4n) is 2.86. The minimum Gasteiger partial charge on any atom is -0.196 e. The first kappa shape index (κ1) is 20.0. The zero-order chi connectivity index (χ0) is 20.4. The molecule has 11 heteroatoms. The molecule has 0 saturated carbocycles. The largest absolute Gasteiger partial charge is 0.523 e. The minimum atomic E-state index is -6.51. The van der Waals surface area contributed by atoms with E-state index in [0.29, 0.717) is 11.1 Å². The van der Waals surface area contributed by atoms with E-state index < -0.39 is 41.2 Å². The van der Waals surface area contributed by atoms with Crippen LogP contribution >= 0.6 is 10.3 Å². The average Bonchev–Trinajstić information content (AvgIpc) is 2.76. The van der Waals surface area contributed by atoms with Crippen molar-refractivity contribution in [1.82, 2.24) is 0 Å². The molecular weight excluding hydrogens is 418 g/mol. The molecule has 0 unspecified atom stereocenters. The lowest BCUT2D eigenvalue weighted by molar-refractivity contribution is -0.0550. The molecule has 148 valence electrons. The van der Waals surface area contributed by atoms with Gasteiger partial charge in [-0.15, -0.1) is 0 Å². The van der Waals surface area contributed by atoms with Gasteiger partial charge in [0.2, 0.25) is 0 Å². The zero-order valence-corrected chi connectivity index (χ0v) is 15.4. The monoisotopic (exact) mass is 430 g/mol. The van der Waals surface area contributed by atoms with Gasteiger partial charge < -0.3 is 0 Å². The number of aryl methyl sites for hydroxylation is 2. The van der Waals surface area contributed by atoms with Gasteiger partial charge in [0.1, 0.15) is 0 Å². The molecule has 2 aromatic rings. The Balaban J connectivity index is 2.43. The number of hydrogen-bond acceptors (Lipinski definition) is 3. The van der Waals surface area contributed by atoms with Gasteiger partial charge >= 0.3 is 21.1 Å². The molecule has 0 radical (unpaired) electrons. The molecule has 0 fully saturated rings. The molecule has 0 amide bonds. The Bertz CT molecular complexity index is 974. The molecule has 3 rings (SSSR count). The Hall–Kier alpha value is -1.72. The normalized spacial score (nSPS) is 17.3. The Labute approximate surface area is 152 Å². The second kappa shape index (κ2) is 5.89. The van der Waals surface area contributed by atoms with E-state index in [1.807, 2.05) is 0 Å². The summed E-state index contributed by atoms with van der Waals surface area (Å²) in [5, 5.41) is 0. The first-order valence-electron chi connectivity index (χ1n) is 7.34. The summed E-state index contributed by atoms with van der Waals surface area (Å²) in [5.74, 6) is 0. The highest BCUT2D eigenvalue weighted by molar-refractivity contribution is 8.34. The fraction of sp³-hybridized carbons (Fsp3) is 0.250. The van der Waals surface area contributed by atoms with Crippen LogP contribution in [0.2, 0.25) is 0 Å². The maximum absolute atomic E-state index is 14.2. The molecule has 1 heterocycles. The molecule has 1 aliphatic heterocycles. The molecule has 3 nitrogen and oxygen atoms in total. The summed E-state index contributed by atoms with van der Waals surface area (Å²) in [6, 6.07) is 7.25. The second-order valence-electron chi connectivity index (χ2n) is 5.97. The van der Waals surface area contributed by atoms with E-state index in [-0.39, 0.29) is 11.1 Å². The van der Waals surface area contributed by atoms with Gasteiger partial charge in [-0.1, -0.05) is 35.4 Å². The van der Waals surface area contributed by atoms with Gasteiger partial charge in [0.25, 0.3) is 0 Å². The number of alkyl halides is 6. The van der Waals surface area contributed by atoms with Crippen LogP contribution in [-0.4, -0.2) is 19.4 Å². The van der Waals surface area contributed by atoms with Gasteiger partial charge in [0.15, 0.2) is 0 Å². The van der Waals surface area contributed by atoms with Crippen LogP contribution in [0.3, 0.4) is 0 Å². The van der Waals surface area contributed by atoms with Crippen LogP contribution in [0.1, 0.15) is 11.1 Å². The SMILES string of the molecule is Cc1ccc2c(c1)-c1cc(C)ccc1S2(OS(=O)(=O)C(F)(F)F)C(F)(F)F. The Morgan fingerprint density at radius 2 is 1.22 bits per heavy atom. The molecule has 27 heavy (non-hydrogen) atoms. The van der Waals surface area contributed by atoms with Crippen molar-refractivity contribution in [3.8, 4) is 11.1 Å². The third-order valence-corrected chi connectivity index (χ3v) is 8.68. The standard InChI is InChI=1S/C16H12F6O3S2/c1-9-3-5-13-11(7-9)12-8-10(2)4-6-14(12)26(13,15(17,18)19)25-27(23,24)16(20,21)22/h3-8H,1-2H3. The maximum Gasteiger partial charge on any atom is 0.523 e. The zero-order valence-electron chi connectivity index (χ0n) is 13.8. The molecular formula is C16H12F6O3S2. The van der Waals surface area contributed by atoms with E-state index in [9.17, 15) is 34.8 Å². The van der Waals surface area contributed by atoms with Crippen molar-refractivity contribution in [2.24, 2.45) is 0 Å². The Kier molecular flexibility index (Phi) is 4.37. The predicted octanol–water partition coefficient (Wildman–Crippen LogP) is 5.81. The Morgan fingerprint density at radius 3 is 1.56 bits per heavy atom. The second-order valence-corrected chi connectivity index (χ2v) is 10.3. The van der Waals surface area contributed by atoms with Gasteiger partial charge in [-0.25, -0.2) is 0 Å². The van der Waals surface area contributed by atoms with E-state index in [2.05, 4.69) is 3.63 Å². The summed E-state index contributed by atoms with van der Waals surface area (Å²) in [5.41, 5.74) is -10.2. The number of hydrogen-bond donors (Lipinski definition) is 0. The summed E-state index contributed by atoms with van der Waals surface area (Å²) in [4.78, 5) is -1.23. The third kappa shape index (κ3) is 2.92. The molecule has 0 bridgehead atoms. The lowest BCUT2D eigenvalue weighted by Gasteiger charge is -2.37. The molecule has 0 N–H and O–H groups in total. The molecule has 0 aromatic heterocycles. The summed E-state index contributed by atoms with van der Waals surface area (Å²) >= 11 is 0. The fourth-order valence-corrected chi connectivity index (χ4v) is 7.35. The summed E-state index contributed by atoms with van der Waals surface area (Å²) < 4.78 is 108. The topological polar surface area (TPSA) is 43.4 Å². The van der Waals surface area contributed by atoms with E-state index in [4.69, 9.17) is 0 Å². The van der Waals surface area contributed by atoms with Gasteiger partial charge in [0, 0.05) is 20.1 Å².